The Morgan fingerprint density at radius 2 is 2.05 bits per heavy atom. The smallest absolute Gasteiger partial charge is 0.237 e. The molecule has 5 nitrogen and oxygen atoms in total. The molecule has 22 heavy (non-hydrogen) atoms. The summed E-state index contributed by atoms with van der Waals surface area (Å²) in [6.45, 7) is 3.00. The third-order valence-corrected chi connectivity index (χ3v) is 4.19. The molecule has 0 saturated heterocycles. The van der Waals surface area contributed by atoms with Crippen LogP contribution in [0.4, 0.5) is 0 Å². The number of rotatable bonds is 7. The lowest BCUT2D eigenvalue weighted by atomic mass is 9.96. The van der Waals surface area contributed by atoms with Gasteiger partial charge in [-0.2, -0.15) is 0 Å². The molecule has 1 aliphatic carbocycles. The highest BCUT2D eigenvalue weighted by atomic mass is 16.5. The Balaban J connectivity index is 1.57. The van der Waals surface area contributed by atoms with E-state index < -0.39 is 0 Å². The average molecular weight is 299 g/mol. The summed E-state index contributed by atoms with van der Waals surface area (Å²) in [4.78, 5) is 8.04. The van der Waals surface area contributed by atoms with E-state index in [-0.39, 0.29) is 12.1 Å². The summed E-state index contributed by atoms with van der Waals surface area (Å²) in [5.74, 6) is 1.81. The van der Waals surface area contributed by atoms with Crippen LogP contribution >= 0.6 is 0 Å². The van der Waals surface area contributed by atoms with E-state index in [1.165, 1.54) is 12.8 Å². The molecule has 0 bridgehead atoms. The fourth-order valence-corrected chi connectivity index (χ4v) is 2.49. The Hall–Kier alpha value is -1.98. The first-order chi connectivity index (χ1) is 10.7. The van der Waals surface area contributed by atoms with E-state index in [0.717, 1.165) is 17.9 Å². The Kier molecular flexibility index (Phi) is 4.36. The van der Waals surface area contributed by atoms with Gasteiger partial charge in [-0.3, -0.25) is 4.98 Å². The number of benzene rings is 1. The second-order valence-corrected chi connectivity index (χ2v) is 5.99. The second-order valence-electron chi connectivity index (χ2n) is 5.99. The fourth-order valence-electron chi connectivity index (χ4n) is 2.49. The van der Waals surface area contributed by atoms with Crippen LogP contribution in [0.5, 0.6) is 11.6 Å². The van der Waals surface area contributed by atoms with Crippen LogP contribution in [-0.4, -0.2) is 27.2 Å². The zero-order chi connectivity index (χ0) is 15.4. The summed E-state index contributed by atoms with van der Waals surface area (Å²) in [7, 11) is 0. The van der Waals surface area contributed by atoms with Crippen LogP contribution in [0, 0.1) is 5.92 Å². The average Bonchev–Trinajstić information content (AvgIpc) is 3.40. The molecule has 2 aromatic rings. The van der Waals surface area contributed by atoms with Crippen molar-refractivity contribution in [3.8, 4) is 11.6 Å². The molecule has 1 fully saturated rings. The Morgan fingerprint density at radius 1 is 1.27 bits per heavy atom. The minimum absolute atomic E-state index is 0.172. The molecule has 116 valence electrons. The van der Waals surface area contributed by atoms with Crippen molar-refractivity contribution in [1.82, 2.24) is 15.3 Å². The van der Waals surface area contributed by atoms with Crippen molar-refractivity contribution in [2.24, 2.45) is 5.92 Å². The highest BCUT2D eigenvalue weighted by Gasteiger charge is 2.40. The van der Waals surface area contributed by atoms with E-state index in [1.54, 1.807) is 18.6 Å². The number of nitrogens with one attached hydrogen (secondary N) is 1. The van der Waals surface area contributed by atoms with Gasteiger partial charge in [0.05, 0.1) is 12.8 Å². The topological polar surface area (TPSA) is 67.3 Å². The predicted molar refractivity (Wildman–Crippen MR) is 83.6 cm³/mol. The Bertz CT molecular complexity index is 599. The molecule has 1 atom stereocenters. The highest BCUT2D eigenvalue weighted by molar-refractivity contribution is 5.30. The number of aliphatic hydroxyl groups excluding tert-OH is 1. The summed E-state index contributed by atoms with van der Waals surface area (Å²) < 4.78 is 5.61. The molecule has 0 radical (unpaired) electrons. The molecular weight excluding hydrogens is 278 g/mol. The highest BCUT2D eigenvalue weighted by Crippen LogP contribution is 2.39. The zero-order valence-electron chi connectivity index (χ0n) is 12.7. The maximum atomic E-state index is 9.59. The summed E-state index contributed by atoms with van der Waals surface area (Å²) in [5.41, 5.74) is 0.987. The lowest BCUT2D eigenvalue weighted by molar-refractivity contribution is 0.153. The molecule has 5 heteroatoms. The molecular formula is C17H21N3O2. The number of ether oxygens (including phenoxy) is 1. The van der Waals surface area contributed by atoms with Crippen molar-refractivity contribution in [2.75, 3.05) is 6.61 Å². The van der Waals surface area contributed by atoms with Crippen molar-refractivity contribution in [1.29, 1.82) is 0 Å². The van der Waals surface area contributed by atoms with Gasteiger partial charge >= 0.3 is 0 Å². The first-order valence-electron chi connectivity index (χ1n) is 7.58. The van der Waals surface area contributed by atoms with Crippen molar-refractivity contribution >= 4 is 0 Å². The summed E-state index contributed by atoms with van der Waals surface area (Å²) in [5, 5.41) is 13.1. The fraction of sp³-hybridized carbons (Fsp3) is 0.412. The van der Waals surface area contributed by atoms with Crippen LogP contribution in [0.1, 0.15) is 25.3 Å². The predicted octanol–water partition coefficient (Wildman–Crippen LogP) is 2.52. The van der Waals surface area contributed by atoms with E-state index in [9.17, 15) is 5.11 Å². The molecule has 3 rings (SSSR count). The zero-order valence-corrected chi connectivity index (χ0v) is 12.7. The van der Waals surface area contributed by atoms with Gasteiger partial charge in [-0.15, -0.1) is 0 Å². The maximum Gasteiger partial charge on any atom is 0.237 e. The largest absolute Gasteiger partial charge is 0.438 e. The first kappa shape index (κ1) is 14.9. The third-order valence-electron chi connectivity index (χ3n) is 4.19. The Morgan fingerprint density at radius 3 is 2.64 bits per heavy atom. The van der Waals surface area contributed by atoms with Crippen molar-refractivity contribution in [3.05, 3.63) is 48.4 Å². The van der Waals surface area contributed by atoms with Crippen LogP contribution < -0.4 is 10.1 Å². The maximum absolute atomic E-state index is 9.59. The van der Waals surface area contributed by atoms with Crippen molar-refractivity contribution in [3.63, 3.8) is 0 Å². The van der Waals surface area contributed by atoms with Gasteiger partial charge in [0.25, 0.3) is 0 Å². The van der Waals surface area contributed by atoms with Gasteiger partial charge in [0.1, 0.15) is 5.75 Å². The van der Waals surface area contributed by atoms with Gasteiger partial charge in [-0.25, -0.2) is 4.98 Å². The van der Waals surface area contributed by atoms with Crippen LogP contribution in [0.25, 0.3) is 0 Å². The summed E-state index contributed by atoms with van der Waals surface area (Å²) in [6.07, 6.45) is 7.20. The minimum atomic E-state index is -0.172. The molecule has 1 aromatic heterocycles. The minimum Gasteiger partial charge on any atom is -0.438 e. The number of aliphatic hydroxyl groups is 1. The van der Waals surface area contributed by atoms with E-state index in [4.69, 9.17) is 4.74 Å². The summed E-state index contributed by atoms with van der Waals surface area (Å²) >= 11 is 0. The molecule has 1 unspecified atom stereocenters. The second kappa shape index (κ2) is 6.42. The molecule has 1 heterocycles. The van der Waals surface area contributed by atoms with Crippen LogP contribution in [0.15, 0.2) is 42.9 Å². The number of hydrogen-bond donors (Lipinski definition) is 2. The van der Waals surface area contributed by atoms with Gasteiger partial charge in [-0.1, -0.05) is 12.1 Å². The van der Waals surface area contributed by atoms with Gasteiger partial charge in [-0.05, 0) is 43.4 Å². The molecule has 1 aliphatic rings. The molecule has 2 N–H and O–H groups in total. The SMILES string of the molecule is CC(CO)(NCc1ccc(Oc2cnccn2)cc1)C1CC1. The Labute approximate surface area is 130 Å². The van der Waals surface area contributed by atoms with Gasteiger partial charge in [0.15, 0.2) is 0 Å². The first-order valence-corrected chi connectivity index (χ1v) is 7.58. The molecule has 0 aliphatic heterocycles. The lowest BCUT2D eigenvalue weighted by Crippen LogP contribution is -2.47. The molecule has 0 amide bonds. The molecule has 1 aromatic carbocycles. The normalized spacial score (nSPS) is 17.0. The quantitative estimate of drug-likeness (QED) is 0.822. The van der Waals surface area contributed by atoms with E-state index in [2.05, 4.69) is 22.2 Å². The number of aromatic nitrogens is 2. The number of hydrogen-bond acceptors (Lipinski definition) is 5. The van der Waals surface area contributed by atoms with Crippen LogP contribution in [0.2, 0.25) is 0 Å². The van der Waals surface area contributed by atoms with Gasteiger partial charge in [0, 0.05) is 24.5 Å². The lowest BCUT2D eigenvalue weighted by Gasteiger charge is -2.29. The van der Waals surface area contributed by atoms with Crippen LogP contribution in [-0.2, 0) is 6.54 Å². The summed E-state index contributed by atoms with van der Waals surface area (Å²) in [6, 6.07) is 7.87. The standard InChI is InChI=1S/C17H21N3O2/c1-17(12-21,14-4-5-14)20-10-13-2-6-15(7-3-13)22-16-11-18-8-9-19-16/h2-3,6-9,11,14,20-21H,4-5,10,12H2,1H3. The molecule has 1 saturated carbocycles. The van der Waals surface area contributed by atoms with Crippen LogP contribution in [0.3, 0.4) is 0 Å². The monoisotopic (exact) mass is 299 g/mol. The number of nitrogens with zero attached hydrogens (tertiary/aromatic N) is 2. The van der Waals surface area contributed by atoms with E-state index in [0.29, 0.717) is 11.8 Å². The van der Waals surface area contributed by atoms with Crippen molar-refractivity contribution in [2.45, 2.75) is 31.8 Å². The van der Waals surface area contributed by atoms with Crippen molar-refractivity contribution < 1.29 is 9.84 Å². The van der Waals surface area contributed by atoms with E-state index >= 15 is 0 Å². The van der Waals surface area contributed by atoms with Gasteiger partial charge in [0.2, 0.25) is 5.88 Å². The van der Waals surface area contributed by atoms with Gasteiger partial charge < -0.3 is 15.2 Å². The van der Waals surface area contributed by atoms with E-state index in [1.807, 2.05) is 24.3 Å². The molecule has 0 spiro atoms. The third kappa shape index (κ3) is 3.61.